The summed E-state index contributed by atoms with van der Waals surface area (Å²) in [7, 11) is 0. The fourth-order valence-corrected chi connectivity index (χ4v) is 3.50. The van der Waals surface area contributed by atoms with Crippen LogP contribution in [0.15, 0.2) is 35.7 Å². The Bertz CT molecular complexity index is 758. The first-order chi connectivity index (χ1) is 10.1. The number of thiophene rings is 1. The first-order valence-corrected chi connectivity index (χ1v) is 8.04. The van der Waals surface area contributed by atoms with Gasteiger partial charge in [0.25, 0.3) is 5.91 Å². The van der Waals surface area contributed by atoms with Crippen LogP contribution in [0.1, 0.15) is 20.8 Å². The highest BCUT2D eigenvalue weighted by Crippen LogP contribution is 2.28. The summed E-state index contributed by atoms with van der Waals surface area (Å²) in [5, 5.41) is 8.96. The van der Waals surface area contributed by atoms with Crippen molar-refractivity contribution >= 4 is 34.5 Å². The van der Waals surface area contributed by atoms with Crippen LogP contribution in [-0.4, -0.2) is 15.5 Å². The number of amides is 1. The summed E-state index contributed by atoms with van der Waals surface area (Å²) >= 11 is 2.66. The van der Waals surface area contributed by atoms with E-state index in [0.717, 1.165) is 33.2 Å². The average Bonchev–Trinajstić information content (AvgIpc) is 3.08. The van der Waals surface area contributed by atoms with Crippen LogP contribution in [0.2, 0.25) is 0 Å². The Hall–Kier alpha value is -2.05. The summed E-state index contributed by atoms with van der Waals surface area (Å²) in [4.78, 5) is 13.9. The molecule has 0 fully saturated rings. The molecule has 0 spiro atoms. The molecule has 1 amide bonds. The average molecular weight is 315 g/mol. The number of carbonyl (C=O) groups excluding carboxylic acids is 1. The molecule has 2 heterocycles. The predicted octanol–water partition coefficient (Wildman–Crippen LogP) is 4.14. The maximum Gasteiger partial charge on any atom is 0.269 e. The summed E-state index contributed by atoms with van der Waals surface area (Å²) in [6.45, 7) is 4.02. The van der Waals surface area contributed by atoms with Crippen molar-refractivity contribution in [2.75, 3.05) is 5.32 Å². The summed E-state index contributed by atoms with van der Waals surface area (Å²) < 4.78 is 3.91. The molecule has 3 rings (SSSR count). The number of nitrogens with zero attached hydrogens (tertiary/aromatic N) is 2. The van der Waals surface area contributed by atoms with E-state index in [-0.39, 0.29) is 5.91 Å². The lowest BCUT2D eigenvalue weighted by atomic mass is 10.1. The van der Waals surface area contributed by atoms with E-state index in [2.05, 4.69) is 21.0 Å². The van der Waals surface area contributed by atoms with E-state index in [4.69, 9.17) is 0 Å². The Kier molecular flexibility index (Phi) is 3.81. The Balaban J connectivity index is 1.88. The molecule has 1 aromatic carbocycles. The largest absolute Gasteiger partial charge is 0.321 e. The Labute approximate surface area is 130 Å². The molecule has 0 aliphatic rings. The monoisotopic (exact) mass is 315 g/mol. The van der Waals surface area contributed by atoms with Crippen molar-refractivity contribution in [3.63, 3.8) is 0 Å². The first-order valence-electron chi connectivity index (χ1n) is 6.39. The molecule has 3 aromatic rings. The smallest absolute Gasteiger partial charge is 0.269 e. The van der Waals surface area contributed by atoms with E-state index < -0.39 is 0 Å². The number of benzene rings is 1. The van der Waals surface area contributed by atoms with Gasteiger partial charge in [-0.05, 0) is 60.1 Å². The van der Waals surface area contributed by atoms with Crippen LogP contribution in [-0.2, 0) is 0 Å². The second kappa shape index (κ2) is 5.75. The van der Waals surface area contributed by atoms with Crippen molar-refractivity contribution in [3.8, 4) is 10.6 Å². The molecule has 0 unspecified atom stereocenters. The van der Waals surface area contributed by atoms with Crippen LogP contribution in [0.25, 0.3) is 10.6 Å². The summed E-state index contributed by atoms with van der Waals surface area (Å²) in [6.07, 6.45) is 0. The number of aryl methyl sites for hydroxylation is 2. The molecule has 0 bridgehead atoms. The quantitative estimate of drug-likeness (QED) is 0.790. The molecule has 21 heavy (non-hydrogen) atoms. The van der Waals surface area contributed by atoms with Crippen molar-refractivity contribution in [2.45, 2.75) is 13.8 Å². The molecular weight excluding hydrogens is 302 g/mol. The highest BCUT2D eigenvalue weighted by Gasteiger charge is 2.18. The Morgan fingerprint density at radius 1 is 1.19 bits per heavy atom. The summed E-state index contributed by atoms with van der Waals surface area (Å²) in [6, 6.07) is 9.84. The third-order valence-electron chi connectivity index (χ3n) is 2.93. The number of nitrogens with one attached hydrogen (secondary N) is 1. The highest BCUT2D eigenvalue weighted by atomic mass is 32.1. The van der Waals surface area contributed by atoms with Crippen molar-refractivity contribution in [2.24, 2.45) is 0 Å². The van der Waals surface area contributed by atoms with Crippen molar-refractivity contribution < 1.29 is 4.79 Å². The predicted molar refractivity (Wildman–Crippen MR) is 87.1 cm³/mol. The number of carbonyl (C=O) groups is 1. The molecule has 0 aliphatic heterocycles. The molecule has 0 radical (unpaired) electrons. The number of hydrogen-bond donors (Lipinski definition) is 1. The Morgan fingerprint density at radius 2 is 1.95 bits per heavy atom. The zero-order valence-corrected chi connectivity index (χ0v) is 13.2. The van der Waals surface area contributed by atoms with E-state index in [1.165, 1.54) is 0 Å². The van der Waals surface area contributed by atoms with Gasteiger partial charge in [0.1, 0.15) is 10.6 Å². The van der Waals surface area contributed by atoms with Gasteiger partial charge in [-0.25, -0.2) is 0 Å². The number of rotatable bonds is 3. The van der Waals surface area contributed by atoms with Crippen LogP contribution < -0.4 is 5.32 Å². The summed E-state index contributed by atoms with van der Waals surface area (Å²) in [5.41, 5.74) is 3.68. The van der Waals surface area contributed by atoms with Gasteiger partial charge in [-0.1, -0.05) is 16.6 Å². The van der Waals surface area contributed by atoms with Gasteiger partial charge < -0.3 is 5.32 Å². The lowest BCUT2D eigenvalue weighted by Gasteiger charge is -2.06. The lowest BCUT2D eigenvalue weighted by Crippen LogP contribution is -2.11. The zero-order chi connectivity index (χ0) is 14.8. The van der Waals surface area contributed by atoms with Crippen molar-refractivity contribution in [3.05, 3.63) is 51.7 Å². The fraction of sp³-hybridized carbons (Fsp3) is 0.133. The zero-order valence-electron chi connectivity index (χ0n) is 11.6. The van der Waals surface area contributed by atoms with E-state index in [9.17, 15) is 4.79 Å². The third kappa shape index (κ3) is 3.01. The van der Waals surface area contributed by atoms with E-state index >= 15 is 0 Å². The highest BCUT2D eigenvalue weighted by molar-refractivity contribution is 7.14. The number of anilines is 1. The third-order valence-corrected chi connectivity index (χ3v) is 4.53. The molecule has 0 saturated heterocycles. The molecule has 0 saturated carbocycles. The van der Waals surface area contributed by atoms with Crippen LogP contribution >= 0.6 is 22.9 Å². The van der Waals surface area contributed by atoms with Crippen molar-refractivity contribution in [1.82, 2.24) is 9.59 Å². The van der Waals surface area contributed by atoms with Crippen LogP contribution in [0.5, 0.6) is 0 Å². The fourth-order valence-electron chi connectivity index (χ4n) is 2.15. The molecule has 2 aromatic heterocycles. The first kappa shape index (κ1) is 13.9. The molecule has 0 atom stereocenters. The van der Waals surface area contributed by atoms with E-state index in [0.29, 0.717) is 10.6 Å². The SMILES string of the molecule is Cc1cc(C)cc(NC(=O)c2snnc2-c2cccs2)c1. The van der Waals surface area contributed by atoms with Crippen LogP contribution in [0, 0.1) is 13.8 Å². The molecule has 1 N–H and O–H groups in total. The maximum atomic E-state index is 12.4. The van der Waals surface area contributed by atoms with Gasteiger partial charge in [-0.15, -0.1) is 16.4 Å². The molecular formula is C15H13N3OS2. The van der Waals surface area contributed by atoms with E-state index in [1.807, 2.05) is 43.5 Å². The van der Waals surface area contributed by atoms with Gasteiger partial charge >= 0.3 is 0 Å². The van der Waals surface area contributed by atoms with Crippen LogP contribution in [0.4, 0.5) is 5.69 Å². The molecule has 6 heteroatoms. The normalized spacial score (nSPS) is 10.6. The van der Waals surface area contributed by atoms with Crippen molar-refractivity contribution in [1.29, 1.82) is 0 Å². The van der Waals surface area contributed by atoms with Crippen LogP contribution in [0.3, 0.4) is 0 Å². The van der Waals surface area contributed by atoms with Gasteiger partial charge in [0.2, 0.25) is 0 Å². The standard InChI is InChI=1S/C15H13N3OS2/c1-9-6-10(2)8-11(7-9)16-15(19)14-13(17-18-21-14)12-4-3-5-20-12/h3-8H,1-2H3,(H,16,19). The maximum absolute atomic E-state index is 12.4. The molecule has 106 valence electrons. The minimum absolute atomic E-state index is 0.168. The summed E-state index contributed by atoms with van der Waals surface area (Å²) in [5.74, 6) is -0.168. The molecule has 0 aliphatic carbocycles. The van der Waals surface area contributed by atoms with Gasteiger partial charge in [-0.3, -0.25) is 4.79 Å². The minimum atomic E-state index is -0.168. The topological polar surface area (TPSA) is 54.9 Å². The molecule has 4 nitrogen and oxygen atoms in total. The Morgan fingerprint density at radius 3 is 2.62 bits per heavy atom. The van der Waals surface area contributed by atoms with E-state index in [1.54, 1.807) is 11.3 Å². The van der Waals surface area contributed by atoms with Gasteiger partial charge in [0, 0.05) is 5.69 Å². The number of hydrogen-bond acceptors (Lipinski definition) is 5. The van der Waals surface area contributed by atoms with Gasteiger partial charge in [-0.2, -0.15) is 0 Å². The second-order valence-electron chi connectivity index (χ2n) is 4.76. The van der Waals surface area contributed by atoms with Gasteiger partial charge in [0.05, 0.1) is 4.88 Å². The number of aromatic nitrogens is 2. The lowest BCUT2D eigenvalue weighted by molar-refractivity contribution is 0.103. The minimum Gasteiger partial charge on any atom is -0.321 e. The van der Waals surface area contributed by atoms with Gasteiger partial charge in [0.15, 0.2) is 0 Å². The second-order valence-corrected chi connectivity index (χ2v) is 6.46.